The molecule has 6 nitrogen and oxygen atoms in total. The minimum atomic E-state index is -0.0380. The highest BCUT2D eigenvalue weighted by Gasteiger charge is 2.58. The number of aliphatic imine (C=N–C) groups is 1. The normalized spacial score (nSPS) is 27.2. The number of halogens is 1. The van der Waals surface area contributed by atoms with E-state index in [1.807, 2.05) is 6.20 Å². The Morgan fingerprint density at radius 1 is 1.37 bits per heavy atom. The molecule has 0 radical (unpaired) electrons. The Morgan fingerprint density at radius 3 is 2.74 bits per heavy atom. The maximum Gasteiger partial charge on any atom is 0.216 e. The molecule has 154 valence electrons. The van der Waals surface area contributed by atoms with Crippen LogP contribution in [0.15, 0.2) is 15.6 Å². The van der Waals surface area contributed by atoms with Gasteiger partial charge in [0.1, 0.15) is 12.3 Å². The van der Waals surface area contributed by atoms with Crippen molar-refractivity contribution in [2.45, 2.75) is 78.5 Å². The molecule has 2 fully saturated rings. The van der Waals surface area contributed by atoms with Crippen LogP contribution >= 0.6 is 24.0 Å². The number of nitrogens with zero attached hydrogens (tertiary/aromatic N) is 2. The van der Waals surface area contributed by atoms with Crippen LogP contribution in [0.5, 0.6) is 0 Å². The Morgan fingerprint density at radius 2 is 2.11 bits per heavy atom. The highest BCUT2D eigenvalue weighted by Crippen LogP contribution is 2.51. The van der Waals surface area contributed by atoms with Crippen molar-refractivity contribution in [3.05, 3.63) is 17.8 Å². The van der Waals surface area contributed by atoms with Crippen molar-refractivity contribution < 1.29 is 9.15 Å². The number of nitrogens with one attached hydrogen (secondary N) is 2. The second-order valence-electron chi connectivity index (χ2n) is 9.10. The number of guanidine groups is 1. The molecule has 0 spiro atoms. The minimum Gasteiger partial charge on any atom is -0.443 e. The zero-order valence-electron chi connectivity index (χ0n) is 17.5. The molecule has 1 aliphatic heterocycles. The van der Waals surface area contributed by atoms with Crippen molar-refractivity contribution in [1.29, 1.82) is 0 Å². The van der Waals surface area contributed by atoms with Gasteiger partial charge in [-0.25, -0.2) is 9.98 Å². The lowest BCUT2D eigenvalue weighted by Crippen LogP contribution is -2.71. The molecule has 3 rings (SSSR count). The van der Waals surface area contributed by atoms with Crippen molar-refractivity contribution in [2.24, 2.45) is 16.3 Å². The largest absolute Gasteiger partial charge is 0.443 e. The SMILES string of the molecule is CCNC(=NCc1ncc(C(C)(C)C)o1)NC1C2CCCOC2C1(C)C.I. The second kappa shape index (κ2) is 8.68. The Bertz CT molecular complexity index is 651. The molecular formula is C20H35IN4O2. The maximum atomic E-state index is 6.00. The summed E-state index contributed by atoms with van der Waals surface area (Å²) < 4.78 is 11.9. The van der Waals surface area contributed by atoms with E-state index in [0.717, 1.165) is 31.3 Å². The lowest BCUT2D eigenvalue weighted by atomic mass is 9.55. The fourth-order valence-electron chi connectivity index (χ4n) is 4.16. The summed E-state index contributed by atoms with van der Waals surface area (Å²) >= 11 is 0. The minimum absolute atomic E-state index is 0. The summed E-state index contributed by atoms with van der Waals surface area (Å²) in [4.78, 5) is 9.07. The van der Waals surface area contributed by atoms with Gasteiger partial charge in [0.25, 0.3) is 0 Å². The highest BCUT2D eigenvalue weighted by molar-refractivity contribution is 14.0. The highest BCUT2D eigenvalue weighted by atomic mass is 127. The Labute approximate surface area is 180 Å². The van der Waals surface area contributed by atoms with E-state index in [9.17, 15) is 0 Å². The standard InChI is InChI=1S/C20H34N4O2.HI/c1-7-21-18(23-12-15-22-11-14(26-15)19(2,3)4)24-16-13-9-8-10-25-17(13)20(16,5)6;/h11,13,16-17H,7-10,12H2,1-6H3,(H2,21,23,24);1H. The summed E-state index contributed by atoms with van der Waals surface area (Å²) in [7, 11) is 0. The van der Waals surface area contributed by atoms with Gasteiger partial charge in [-0.05, 0) is 19.8 Å². The average molecular weight is 490 g/mol. The number of hydrogen-bond donors (Lipinski definition) is 2. The molecule has 1 saturated carbocycles. The van der Waals surface area contributed by atoms with Crippen molar-refractivity contribution in [3.63, 3.8) is 0 Å². The van der Waals surface area contributed by atoms with Gasteiger partial charge in [-0.1, -0.05) is 34.6 Å². The van der Waals surface area contributed by atoms with Crippen molar-refractivity contribution >= 4 is 29.9 Å². The summed E-state index contributed by atoms with van der Waals surface area (Å²) in [6.07, 6.45) is 4.54. The van der Waals surface area contributed by atoms with Gasteiger partial charge in [-0.3, -0.25) is 0 Å². The van der Waals surface area contributed by atoms with E-state index in [1.54, 1.807) is 0 Å². The van der Waals surface area contributed by atoms with Gasteiger partial charge in [-0.15, -0.1) is 24.0 Å². The van der Waals surface area contributed by atoms with Crippen LogP contribution in [-0.4, -0.2) is 36.2 Å². The molecule has 2 aliphatic rings. The van der Waals surface area contributed by atoms with Gasteiger partial charge in [0.15, 0.2) is 5.96 Å². The van der Waals surface area contributed by atoms with E-state index >= 15 is 0 Å². The molecule has 3 atom stereocenters. The van der Waals surface area contributed by atoms with E-state index in [-0.39, 0.29) is 34.8 Å². The van der Waals surface area contributed by atoms with Crippen LogP contribution < -0.4 is 10.6 Å². The third-order valence-corrected chi connectivity index (χ3v) is 5.63. The molecule has 0 aromatic carbocycles. The Hall–Kier alpha value is -0.830. The first-order valence-corrected chi connectivity index (χ1v) is 9.85. The summed E-state index contributed by atoms with van der Waals surface area (Å²) in [6.45, 7) is 15.2. The molecule has 0 amide bonds. The Kier molecular flexibility index (Phi) is 7.22. The number of fused-ring (bicyclic) bond motifs is 1. The first-order valence-electron chi connectivity index (χ1n) is 9.85. The van der Waals surface area contributed by atoms with Crippen molar-refractivity contribution in [3.8, 4) is 0 Å². The van der Waals surface area contributed by atoms with Crippen LogP contribution in [0, 0.1) is 11.3 Å². The fraction of sp³-hybridized carbons (Fsp3) is 0.800. The smallest absolute Gasteiger partial charge is 0.216 e. The molecule has 2 heterocycles. The summed E-state index contributed by atoms with van der Waals surface area (Å²) in [6, 6.07) is 0.375. The zero-order valence-corrected chi connectivity index (χ0v) is 19.8. The summed E-state index contributed by atoms with van der Waals surface area (Å²) in [5.41, 5.74) is 0.0767. The van der Waals surface area contributed by atoms with E-state index in [4.69, 9.17) is 14.1 Å². The number of rotatable bonds is 4. The van der Waals surface area contributed by atoms with Crippen LogP contribution in [0.1, 0.15) is 66.0 Å². The monoisotopic (exact) mass is 490 g/mol. The topological polar surface area (TPSA) is 71.7 Å². The molecule has 7 heteroatoms. The molecule has 27 heavy (non-hydrogen) atoms. The summed E-state index contributed by atoms with van der Waals surface area (Å²) in [5, 5.41) is 6.99. The van der Waals surface area contributed by atoms with Gasteiger partial charge in [0.2, 0.25) is 5.89 Å². The quantitative estimate of drug-likeness (QED) is 0.381. The molecule has 1 saturated heterocycles. The van der Waals surface area contributed by atoms with Gasteiger partial charge in [0, 0.05) is 35.9 Å². The van der Waals surface area contributed by atoms with Crippen LogP contribution in [0.25, 0.3) is 0 Å². The van der Waals surface area contributed by atoms with Gasteiger partial charge >= 0.3 is 0 Å². The van der Waals surface area contributed by atoms with Crippen LogP contribution in [0.4, 0.5) is 0 Å². The zero-order chi connectivity index (χ0) is 18.9. The van der Waals surface area contributed by atoms with E-state index < -0.39 is 0 Å². The third kappa shape index (κ3) is 4.78. The fourth-order valence-corrected chi connectivity index (χ4v) is 4.16. The van der Waals surface area contributed by atoms with E-state index in [0.29, 0.717) is 30.5 Å². The van der Waals surface area contributed by atoms with Crippen LogP contribution in [-0.2, 0) is 16.7 Å². The second-order valence-corrected chi connectivity index (χ2v) is 9.10. The molecule has 1 aromatic heterocycles. The average Bonchev–Trinajstić information content (AvgIpc) is 3.06. The first-order chi connectivity index (χ1) is 12.2. The Balaban J connectivity index is 0.00000261. The van der Waals surface area contributed by atoms with Crippen LogP contribution in [0.2, 0.25) is 0 Å². The molecule has 1 aromatic rings. The van der Waals surface area contributed by atoms with Gasteiger partial charge < -0.3 is 19.8 Å². The molecule has 0 bridgehead atoms. The number of ether oxygens (including phenoxy) is 1. The molecule has 2 N–H and O–H groups in total. The van der Waals surface area contributed by atoms with Crippen molar-refractivity contribution in [1.82, 2.24) is 15.6 Å². The summed E-state index contributed by atoms with van der Waals surface area (Å²) in [5.74, 6) is 2.93. The van der Waals surface area contributed by atoms with Gasteiger partial charge in [-0.2, -0.15) is 0 Å². The number of hydrogen-bond acceptors (Lipinski definition) is 4. The van der Waals surface area contributed by atoms with E-state index in [2.05, 4.69) is 57.2 Å². The van der Waals surface area contributed by atoms with Gasteiger partial charge in [0.05, 0.1) is 12.3 Å². The number of aromatic nitrogens is 1. The molecule has 1 aliphatic carbocycles. The molecule has 3 unspecified atom stereocenters. The maximum absolute atomic E-state index is 6.00. The third-order valence-electron chi connectivity index (χ3n) is 5.63. The van der Waals surface area contributed by atoms with Crippen LogP contribution in [0.3, 0.4) is 0 Å². The number of oxazole rings is 1. The lowest BCUT2D eigenvalue weighted by Gasteiger charge is -2.60. The molecular weight excluding hydrogens is 455 g/mol. The van der Waals surface area contributed by atoms with Crippen molar-refractivity contribution in [2.75, 3.05) is 13.2 Å². The predicted octanol–water partition coefficient (Wildman–Crippen LogP) is 3.85. The van der Waals surface area contributed by atoms with E-state index in [1.165, 1.54) is 6.42 Å². The predicted molar refractivity (Wildman–Crippen MR) is 119 cm³/mol. The first kappa shape index (κ1) is 22.5. The lowest BCUT2D eigenvalue weighted by molar-refractivity contribution is -0.188.